The number of hydrogen-bond donors (Lipinski definition) is 1. The van der Waals surface area contributed by atoms with Crippen LogP contribution in [0.5, 0.6) is 0 Å². The molecule has 2 aromatic carbocycles. The Morgan fingerprint density at radius 2 is 1.88 bits per heavy atom. The first kappa shape index (κ1) is 20.1. The molecule has 0 fully saturated rings. The number of benzene rings is 2. The summed E-state index contributed by atoms with van der Waals surface area (Å²) in [5.74, 6) is -0.510. The van der Waals surface area contributed by atoms with Crippen LogP contribution in [0.1, 0.15) is 23.7 Å². The summed E-state index contributed by atoms with van der Waals surface area (Å²) in [6.45, 7) is 0.242. The minimum atomic E-state index is -3.22. The quantitative estimate of drug-likeness (QED) is 0.765. The lowest BCUT2D eigenvalue weighted by Crippen LogP contribution is -2.29. The van der Waals surface area contributed by atoms with Gasteiger partial charge >= 0.3 is 0 Å². The Hall–Kier alpha value is -2.25. The summed E-state index contributed by atoms with van der Waals surface area (Å²) in [6, 6.07) is 12.5. The maximum atomic E-state index is 13.3. The first-order valence-electron chi connectivity index (χ1n) is 8.13. The Morgan fingerprint density at radius 1 is 1.19 bits per heavy atom. The summed E-state index contributed by atoms with van der Waals surface area (Å²) in [5.41, 5.74) is 1.53. The van der Waals surface area contributed by atoms with E-state index < -0.39 is 15.9 Å². The van der Waals surface area contributed by atoms with E-state index in [1.54, 1.807) is 24.3 Å². The number of carbonyl (C=O) groups is 1. The molecule has 0 aliphatic heterocycles. The SMILES string of the molecule is CO[C@H](CNC(=O)CCc1ccc(S(C)(=O)=O)cc1)c1cccc(F)c1. The van der Waals surface area contributed by atoms with Gasteiger partial charge in [0.25, 0.3) is 0 Å². The number of carbonyl (C=O) groups excluding carboxylic acids is 1. The van der Waals surface area contributed by atoms with Gasteiger partial charge in [0.05, 0.1) is 11.0 Å². The van der Waals surface area contributed by atoms with Gasteiger partial charge in [-0.25, -0.2) is 12.8 Å². The third-order valence-corrected chi connectivity index (χ3v) is 5.11. The van der Waals surface area contributed by atoms with Gasteiger partial charge in [0, 0.05) is 26.3 Å². The fraction of sp³-hybridized carbons (Fsp3) is 0.316. The van der Waals surface area contributed by atoms with Crippen LogP contribution in [0.25, 0.3) is 0 Å². The largest absolute Gasteiger partial charge is 0.375 e. The van der Waals surface area contributed by atoms with E-state index >= 15 is 0 Å². The molecule has 5 nitrogen and oxygen atoms in total. The Morgan fingerprint density at radius 3 is 2.46 bits per heavy atom. The van der Waals surface area contributed by atoms with E-state index in [2.05, 4.69) is 5.32 Å². The number of ether oxygens (including phenoxy) is 1. The number of halogens is 1. The highest BCUT2D eigenvalue weighted by molar-refractivity contribution is 7.90. The van der Waals surface area contributed by atoms with Crippen molar-refractivity contribution in [3.8, 4) is 0 Å². The highest BCUT2D eigenvalue weighted by Gasteiger charge is 2.13. The van der Waals surface area contributed by atoms with Gasteiger partial charge in [-0.2, -0.15) is 0 Å². The molecule has 0 aliphatic rings. The summed E-state index contributed by atoms with van der Waals surface area (Å²) in [5, 5.41) is 2.78. The predicted octanol–water partition coefficient (Wildman–Crippen LogP) is 2.67. The maximum Gasteiger partial charge on any atom is 0.220 e. The second-order valence-electron chi connectivity index (χ2n) is 6.00. The first-order chi connectivity index (χ1) is 12.3. The van der Waals surface area contributed by atoms with Crippen molar-refractivity contribution in [2.24, 2.45) is 0 Å². The third kappa shape index (κ3) is 5.93. The minimum Gasteiger partial charge on any atom is -0.375 e. The van der Waals surface area contributed by atoms with Crippen LogP contribution < -0.4 is 5.32 Å². The fourth-order valence-electron chi connectivity index (χ4n) is 2.50. The van der Waals surface area contributed by atoms with Crippen LogP contribution >= 0.6 is 0 Å². The molecule has 7 heteroatoms. The van der Waals surface area contributed by atoms with E-state index in [-0.39, 0.29) is 29.6 Å². The molecule has 0 aliphatic carbocycles. The van der Waals surface area contributed by atoms with Gasteiger partial charge in [0.2, 0.25) is 5.91 Å². The molecule has 0 saturated heterocycles. The Bertz CT molecular complexity index is 850. The van der Waals surface area contributed by atoms with Crippen molar-refractivity contribution in [3.63, 3.8) is 0 Å². The van der Waals surface area contributed by atoms with Gasteiger partial charge in [-0.15, -0.1) is 0 Å². The number of rotatable bonds is 8. The molecular formula is C19H22FNO4S. The van der Waals surface area contributed by atoms with E-state index in [4.69, 9.17) is 4.74 Å². The molecule has 1 amide bonds. The number of sulfone groups is 1. The Labute approximate surface area is 153 Å². The standard InChI is InChI=1S/C19H22FNO4S/c1-25-18(15-4-3-5-16(20)12-15)13-21-19(22)11-8-14-6-9-17(10-7-14)26(2,23)24/h3-7,9-10,12,18H,8,11,13H2,1-2H3,(H,21,22)/t18-/m1/s1. The van der Waals surface area contributed by atoms with Crippen LogP contribution in [0, 0.1) is 5.82 Å². The van der Waals surface area contributed by atoms with Crippen molar-refractivity contribution >= 4 is 15.7 Å². The zero-order valence-corrected chi connectivity index (χ0v) is 15.6. The van der Waals surface area contributed by atoms with Gasteiger partial charge in [0.1, 0.15) is 5.82 Å². The van der Waals surface area contributed by atoms with E-state index in [0.29, 0.717) is 12.0 Å². The number of methoxy groups -OCH3 is 1. The molecule has 1 atom stereocenters. The monoisotopic (exact) mass is 379 g/mol. The van der Waals surface area contributed by atoms with Gasteiger partial charge in [-0.3, -0.25) is 4.79 Å². The van der Waals surface area contributed by atoms with Gasteiger partial charge in [0.15, 0.2) is 9.84 Å². The van der Waals surface area contributed by atoms with Crippen molar-refractivity contribution in [3.05, 3.63) is 65.5 Å². The van der Waals surface area contributed by atoms with Crippen molar-refractivity contribution in [1.82, 2.24) is 5.32 Å². The lowest BCUT2D eigenvalue weighted by molar-refractivity contribution is -0.121. The molecule has 0 heterocycles. The molecule has 0 aromatic heterocycles. The summed E-state index contributed by atoms with van der Waals surface area (Å²) in [4.78, 5) is 12.3. The molecule has 26 heavy (non-hydrogen) atoms. The first-order valence-corrected chi connectivity index (χ1v) is 10.0. The van der Waals surface area contributed by atoms with Gasteiger partial charge in [-0.1, -0.05) is 24.3 Å². The van der Waals surface area contributed by atoms with Crippen molar-refractivity contribution < 1.29 is 22.3 Å². The summed E-state index contributed by atoms with van der Waals surface area (Å²) < 4.78 is 41.5. The highest BCUT2D eigenvalue weighted by atomic mass is 32.2. The average Bonchev–Trinajstić information content (AvgIpc) is 2.60. The van der Waals surface area contributed by atoms with Crippen molar-refractivity contribution in [1.29, 1.82) is 0 Å². The number of aryl methyl sites for hydroxylation is 1. The normalized spacial score (nSPS) is 12.6. The zero-order chi connectivity index (χ0) is 19.2. The van der Waals surface area contributed by atoms with E-state index in [9.17, 15) is 17.6 Å². The fourth-order valence-corrected chi connectivity index (χ4v) is 3.13. The second-order valence-corrected chi connectivity index (χ2v) is 8.02. The molecule has 0 spiro atoms. The molecule has 140 valence electrons. The summed E-state index contributed by atoms with van der Waals surface area (Å²) >= 11 is 0. The molecule has 0 unspecified atom stereocenters. The summed E-state index contributed by atoms with van der Waals surface area (Å²) in [6.07, 6.45) is 1.48. The van der Waals surface area contributed by atoms with Crippen LogP contribution in [0.2, 0.25) is 0 Å². The Kier molecular flexibility index (Phi) is 6.88. The summed E-state index contributed by atoms with van der Waals surface area (Å²) in [7, 11) is -1.72. The third-order valence-electron chi connectivity index (χ3n) is 3.98. The highest BCUT2D eigenvalue weighted by Crippen LogP contribution is 2.17. The van der Waals surface area contributed by atoms with Gasteiger partial charge < -0.3 is 10.1 Å². The Balaban J connectivity index is 1.84. The average molecular weight is 379 g/mol. The van der Waals surface area contributed by atoms with Crippen molar-refractivity contribution in [2.45, 2.75) is 23.8 Å². The maximum absolute atomic E-state index is 13.3. The number of nitrogens with one attached hydrogen (secondary N) is 1. The number of hydrogen-bond acceptors (Lipinski definition) is 4. The van der Waals surface area contributed by atoms with Crippen LogP contribution in [0.15, 0.2) is 53.4 Å². The van der Waals surface area contributed by atoms with E-state index in [0.717, 1.165) is 11.8 Å². The molecule has 0 radical (unpaired) electrons. The predicted molar refractivity (Wildman–Crippen MR) is 97.0 cm³/mol. The minimum absolute atomic E-state index is 0.157. The molecule has 0 saturated carbocycles. The molecule has 0 bridgehead atoms. The van der Waals surface area contributed by atoms with Crippen LogP contribution in [0.4, 0.5) is 4.39 Å². The van der Waals surface area contributed by atoms with E-state index in [1.165, 1.54) is 31.4 Å². The topological polar surface area (TPSA) is 72.5 Å². The van der Waals surface area contributed by atoms with E-state index in [1.807, 2.05) is 0 Å². The smallest absolute Gasteiger partial charge is 0.220 e. The van der Waals surface area contributed by atoms with Crippen LogP contribution in [-0.4, -0.2) is 34.2 Å². The zero-order valence-electron chi connectivity index (χ0n) is 14.7. The van der Waals surface area contributed by atoms with Crippen LogP contribution in [0.3, 0.4) is 0 Å². The lowest BCUT2D eigenvalue weighted by atomic mass is 10.1. The van der Waals surface area contributed by atoms with Crippen molar-refractivity contribution in [2.75, 3.05) is 19.9 Å². The van der Waals surface area contributed by atoms with Gasteiger partial charge in [-0.05, 0) is 41.8 Å². The molecule has 2 rings (SSSR count). The lowest BCUT2D eigenvalue weighted by Gasteiger charge is -2.16. The molecule has 2 aromatic rings. The molecule has 1 N–H and O–H groups in total. The molecular weight excluding hydrogens is 357 g/mol. The second kappa shape index (κ2) is 8.91. The van der Waals surface area contributed by atoms with Crippen LogP contribution in [-0.2, 0) is 25.8 Å². The number of amides is 1.